The van der Waals surface area contributed by atoms with E-state index in [0.29, 0.717) is 0 Å². The molecule has 0 saturated heterocycles. The van der Waals surface area contributed by atoms with E-state index in [1.807, 2.05) is 12.3 Å². The number of fused-ring (bicyclic) bond motifs is 1. The molecule has 4 nitrogen and oxygen atoms in total. The van der Waals surface area contributed by atoms with Crippen molar-refractivity contribution < 1.29 is 0 Å². The number of anilines is 1. The maximum Gasteiger partial charge on any atom is 0.250 e. The van der Waals surface area contributed by atoms with Gasteiger partial charge in [-0.25, -0.2) is 0 Å². The quantitative estimate of drug-likeness (QED) is 0.877. The number of aryl methyl sites for hydroxylation is 1. The Hall–Kier alpha value is -2.07. The number of nitrogens with one attached hydrogen (secondary N) is 2. The molecule has 1 unspecified atom stereocenters. The van der Waals surface area contributed by atoms with Crippen molar-refractivity contribution in [3.05, 3.63) is 64.1 Å². The van der Waals surface area contributed by atoms with Gasteiger partial charge in [0.2, 0.25) is 5.56 Å². The van der Waals surface area contributed by atoms with Gasteiger partial charge in [-0.2, -0.15) is 0 Å². The molecule has 1 aliphatic rings. The van der Waals surface area contributed by atoms with Crippen LogP contribution in [0.15, 0.2) is 47.4 Å². The van der Waals surface area contributed by atoms with Crippen molar-refractivity contribution in [1.82, 2.24) is 9.88 Å². The minimum Gasteiger partial charge on any atom is -0.377 e. The normalized spacial score (nSPS) is 18.1. The summed E-state index contributed by atoms with van der Waals surface area (Å²) in [6, 6.07) is 12.2. The van der Waals surface area contributed by atoms with Crippen LogP contribution >= 0.6 is 0 Å². The van der Waals surface area contributed by atoms with Crippen molar-refractivity contribution in [2.75, 3.05) is 11.9 Å². The van der Waals surface area contributed by atoms with E-state index < -0.39 is 0 Å². The molecule has 0 radical (unpaired) electrons. The van der Waals surface area contributed by atoms with Gasteiger partial charge in [0, 0.05) is 25.9 Å². The zero-order valence-corrected chi connectivity index (χ0v) is 11.6. The van der Waals surface area contributed by atoms with Crippen molar-refractivity contribution in [3.63, 3.8) is 0 Å². The van der Waals surface area contributed by atoms with Crippen LogP contribution < -0.4 is 16.2 Å². The first kappa shape index (κ1) is 12.9. The minimum atomic E-state index is 0.0125. The average molecular weight is 269 g/mol. The van der Waals surface area contributed by atoms with Gasteiger partial charge in [-0.3, -0.25) is 4.79 Å². The standard InChI is InChI=1S/C16H19N3O/c1-19-11-13(6-7-16(19)20)18-15-8-9-17-10-12-4-2-3-5-14(12)15/h2-7,11,15,17-18H,8-10H2,1H3. The van der Waals surface area contributed by atoms with E-state index >= 15 is 0 Å². The number of hydrogen-bond donors (Lipinski definition) is 2. The molecule has 4 heteroatoms. The van der Waals surface area contributed by atoms with Crippen LogP contribution in [0.5, 0.6) is 0 Å². The van der Waals surface area contributed by atoms with E-state index in [2.05, 4.69) is 34.9 Å². The molecule has 0 saturated carbocycles. The monoisotopic (exact) mass is 269 g/mol. The largest absolute Gasteiger partial charge is 0.377 e. The molecule has 0 fully saturated rings. The second kappa shape index (κ2) is 5.51. The summed E-state index contributed by atoms with van der Waals surface area (Å²) in [7, 11) is 1.77. The highest BCUT2D eigenvalue weighted by Crippen LogP contribution is 2.26. The highest BCUT2D eigenvalue weighted by Gasteiger charge is 2.17. The molecule has 1 atom stereocenters. The highest BCUT2D eigenvalue weighted by atomic mass is 16.1. The number of pyridine rings is 1. The lowest BCUT2D eigenvalue weighted by Gasteiger charge is -2.20. The Morgan fingerprint density at radius 2 is 2.10 bits per heavy atom. The van der Waals surface area contributed by atoms with Crippen LogP contribution in [0, 0.1) is 0 Å². The van der Waals surface area contributed by atoms with Crippen molar-refractivity contribution in [3.8, 4) is 0 Å². The number of aromatic nitrogens is 1. The first-order valence-electron chi connectivity index (χ1n) is 6.96. The van der Waals surface area contributed by atoms with Crippen LogP contribution in [0.25, 0.3) is 0 Å². The third-order valence-electron chi connectivity index (χ3n) is 3.78. The zero-order valence-electron chi connectivity index (χ0n) is 11.6. The molecule has 2 N–H and O–H groups in total. The second-order valence-corrected chi connectivity index (χ2v) is 5.23. The van der Waals surface area contributed by atoms with Crippen LogP contribution in [0.1, 0.15) is 23.6 Å². The molecule has 0 aliphatic carbocycles. The Kier molecular flexibility index (Phi) is 3.56. The Balaban J connectivity index is 1.90. The molecule has 0 bridgehead atoms. The Morgan fingerprint density at radius 3 is 2.95 bits per heavy atom. The molecule has 2 aromatic rings. The van der Waals surface area contributed by atoms with Gasteiger partial charge in [0.25, 0.3) is 0 Å². The summed E-state index contributed by atoms with van der Waals surface area (Å²) in [6.07, 6.45) is 2.88. The summed E-state index contributed by atoms with van der Waals surface area (Å²) in [5, 5.41) is 6.99. The number of hydrogen-bond acceptors (Lipinski definition) is 3. The number of rotatable bonds is 2. The van der Waals surface area contributed by atoms with Crippen LogP contribution in [0.2, 0.25) is 0 Å². The molecular weight excluding hydrogens is 250 g/mol. The van der Waals surface area contributed by atoms with E-state index in [1.165, 1.54) is 11.1 Å². The van der Waals surface area contributed by atoms with E-state index in [0.717, 1.165) is 25.2 Å². The van der Waals surface area contributed by atoms with Gasteiger partial charge in [0.1, 0.15) is 0 Å². The Morgan fingerprint density at radius 1 is 1.25 bits per heavy atom. The summed E-state index contributed by atoms with van der Waals surface area (Å²) in [5.74, 6) is 0. The molecule has 1 aromatic heterocycles. The van der Waals surface area contributed by atoms with Crippen LogP contribution in [-0.4, -0.2) is 11.1 Å². The van der Waals surface area contributed by atoms with E-state index in [4.69, 9.17) is 0 Å². The van der Waals surface area contributed by atoms with E-state index in [1.54, 1.807) is 17.7 Å². The van der Waals surface area contributed by atoms with Crippen molar-refractivity contribution in [1.29, 1.82) is 0 Å². The molecule has 104 valence electrons. The molecule has 1 aromatic carbocycles. The van der Waals surface area contributed by atoms with Crippen molar-refractivity contribution in [2.24, 2.45) is 7.05 Å². The Labute approximate surface area is 118 Å². The summed E-state index contributed by atoms with van der Waals surface area (Å²) in [4.78, 5) is 11.4. The molecule has 2 heterocycles. The third kappa shape index (κ3) is 2.60. The first-order chi connectivity index (χ1) is 9.74. The molecule has 0 amide bonds. The zero-order chi connectivity index (χ0) is 13.9. The smallest absolute Gasteiger partial charge is 0.250 e. The topological polar surface area (TPSA) is 46.1 Å². The lowest BCUT2D eigenvalue weighted by molar-refractivity contribution is 0.636. The predicted molar refractivity (Wildman–Crippen MR) is 80.8 cm³/mol. The van der Waals surface area contributed by atoms with Gasteiger partial charge >= 0.3 is 0 Å². The average Bonchev–Trinajstić information content (AvgIpc) is 2.66. The molecule has 3 rings (SSSR count). The lowest BCUT2D eigenvalue weighted by Crippen LogP contribution is -2.18. The van der Waals surface area contributed by atoms with Gasteiger partial charge in [-0.05, 0) is 30.2 Å². The predicted octanol–water partition coefficient (Wildman–Crippen LogP) is 2.03. The summed E-state index contributed by atoms with van der Waals surface area (Å²) in [6.45, 7) is 1.90. The summed E-state index contributed by atoms with van der Waals surface area (Å²) < 4.78 is 1.60. The maximum absolute atomic E-state index is 11.4. The lowest BCUT2D eigenvalue weighted by atomic mass is 9.99. The van der Waals surface area contributed by atoms with Gasteiger partial charge in [-0.1, -0.05) is 24.3 Å². The molecule has 0 spiro atoms. The minimum absolute atomic E-state index is 0.0125. The van der Waals surface area contributed by atoms with E-state index in [9.17, 15) is 4.79 Å². The number of benzene rings is 1. The first-order valence-corrected chi connectivity index (χ1v) is 6.96. The van der Waals surface area contributed by atoms with Gasteiger partial charge in [-0.15, -0.1) is 0 Å². The third-order valence-corrected chi connectivity index (χ3v) is 3.78. The van der Waals surface area contributed by atoms with Crippen LogP contribution in [0.3, 0.4) is 0 Å². The maximum atomic E-state index is 11.4. The van der Waals surface area contributed by atoms with Gasteiger partial charge < -0.3 is 15.2 Å². The molecule has 1 aliphatic heterocycles. The van der Waals surface area contributed by atoms with Gasteiger partial charge in [0.05, 0.1) is 11.7 Å². The highest BCUT2D eigenvalue weighted by molar-refractivity contribution is 5.45. The van der Waals surface area contributed by atoms with Crippen molar-refractivity contribution >= 4 is 5.69 Å². The molecule has 20 heavy (non-hydrogen) atoms. The Bertz CT molecular complexity index is 663. The summed E-state index contributed by atoms with van der Waals surface area (Å²) >= 11 is 0. The summed E-state index contributed by atoms with van der Waals surface area (Å²) in [5.41, 5.74) is 3.67. The fraction of sp³-hybridized carbons (Fsp3) is 0.312. The number of nitrogens with zero attached hydrogens (tertiary/aromatic N) is 1. The van der Waals surface area contributed by atoms with E-state index in [-0.39, 0.29) is 11.6 Å². The van der Waals surface area contributed by atoms with Crippen LogP contribution in [0.4, 0.5) is 5.69 Å². The van der Waals surface area contributed by atoms with Crippen molar-refractivity contribution in [2.45, 2.75) is 19.0 Å². The van der Waals surface area contributed by atoms with Crippen LogP contribution in [-0.2, 0) is 13.6 Å². The molecular formula is C16H19N3O. The van der Waals surface area contributed by atoms with Gasteiger partial charge in [0.15, 0.2) is 0 Å². The fourth-order valence-corrected chi connectivity index (χ4v) is 2.69. The second-order valence-electron chi connectivity index (χ2n) is 5.23. The fourth-order valence-electron chi connectivity index (χ4n) is 2.69. The SMILES string of the molecule is Cn1cc(NC2CCNCc3ccccc32)ccc1=O.